The normalized spacial score (nSPS) is 10.4. The van der Waals surface area contributed by atoms with Crippen LogP contribution >= 0.6 is 34.8 Å². The quantitative estimate of drug-likeness (QED) is 0.348. The first-order valence-electron chi connectivity index (χ1n) is 8.41. The van der Waals surface area contributed by atoms with Gasteiger partial charge >= 0.3 is 5.97 Å². The fourth-order valence-electron chi connectivity index (χ4n) is 2.61. The number of benzene rings is 3. The van der Waals surface area contributed by atoms with E-state index in [9.17, 15) is 14.4 Å². The Morgan fingerprint density at radius 3 is 2.03 bits per heavy atom. The number of ketones is 2. The fraction of sp³-hybridized carbons (Fsp3) is 0.0455. The van der Waals surface area contributed by atoms with Crippen molar-refractivity contribution < 1.29 is 19.1 Å². The maximum atomic E-state index is 12.8. The van der Waals surface area contributed by atoms with Gasteiger partial charge in [-0.3, -0.25) is 9.59 Å². The molecule has 3 aromatic rings. The molecule has 0 fully saturated rings. The van der Waals surface area contributed by atoms with E-state index >= 15 is 0 Å². The van der Waals surface area contributed by atoms with E-state index in [-0.39, 0.29) is 27.5 Å². The topological polar surface area (TPSA) is 60.4 Å². The molecule has 4 nitrogen and oxygen atoms in total. The average Bonchev–Trinajstić information content (AvgIpc) is 2.73. The zero-order valence-electron chi connectivity index (χ0n) is 14.8. The van der Waals surface area contributed by atoms with Crippen molar-refractivity contribution in [1.29, 1.82) is 0 Å². The number of rotatable bonds is 6. The van der Waals surface area contributed by atoms with Gasteiger partial charge in [-0.05, 0) is 48.5 Å². The Kier molecular flexibility index (Phi) is 6.70. The fourth-order valence-corrected chi connectivity index (χ4v) is 3.13. The van der Waals surface area contributed by atoms with Crippen LogP contribution in [0.15, 0.2) is 66.7 Å². The van der Waals surface area contributed by atoms with Gasteiger partial charge in [-0.1, -0.05) is 53.0 Å². The molecule has 0 radical (unpaired) electrons. The molecule has 29 heavy (non-hydrogen) atoms. The van der Waals surface area contributed by atoms with E-state index < -0.39 is 18.4 Å². The summed E-state index contributed by atoms with van der Waals surface area (Å²) in [4.78, 5) is 37.6. The molecule has 0 aliphatic rings. The molecule has 0 spiro atoms. The first-order valence-corrected chi connectivity index (χ1v) is 9.55. The van der Waals surface area contributed by atoms with Crippen molar-refractivity contribution in [2.45, 2.75) is 0 Å². The minimum atomic E-state index is -0.797. The van der Waals surface area contributed by atoms with Crippen LogP contribution in [0.5, 0.6) is 0 Å². The minimum absolute atomic E-state index is 0.0532. The standard InChI is InChI=1S/C22H13Cl3O4/c23-14-7-5-13(6-8-14)21(27)16-3-1-2-4-17(16)22(28)29-12-20(26)18-11-15(24)9-10-19(18)25/h1-11H,12H2. The van der Waals surface area contributed by atoms with Crippen LogP contribution in [0.25, 0.3) is 0 Å². The Morgan fingerprint density at radius 1 is 0.724 bits per heavy atom. The summed E-state index contributed by atoms with van der Waals surface area (Å²) >= 11 is 17.7. The first-order chi connectivity index (χ1) is 13.9. The largest absolute Gasteiger partial charge is 0.454 e. The van der Waals surface area contributed by atoms with Crippen LogP contribution in [0.2, 0.25) is 15.1 Å². The third-order valence-corrected chi connectivity index (χ3v) is 4.88. The third kappa shape index (κ3) is 5.04. The van der Waals surface area contributed by atoms with Crippen molar-refractivity contribution in [2.24, 2.45) is 0 Å². The molecular formula is C22H13Cl3O4. The molecule has 0 atom stereocenters. The molecule has 3 rings (SSSR count). The second-order valence-corrected chi connectivity index (χ2v) is 7.29. The minimum Gasteiger partial charge on any atom is -0.454 e. The number of Topliss-reactive ketones (excluding diaryl/α,β-unsaturated/α-hetero) is 1. The van der Waals surface area contributed by atoms with Gasteiger partial charge in [0, 0.05) is 26.7 Å². The Bertz CT molecular complexity index is 1090. The summed E-state index contributed by atoms with van der Waals surface area (Å²) < 4.78 is 5.12. The number of hydrogen-bond donors (Lipinski definition) is 0. The van der Waals surface area contributed by atoms with Gasteiger partial charge in [-0.25, -0.2) is 4.79 Å². The highest BCUT2D eigenvalue weighted by molar-refractivity contribution is 6.36. The summed E-state index contributed by atoms with van der Waals surface area (Å²) in [7, 11) is 0. The molecule has 0 aromatic heterocycles. The van der Waals surface area contributed by atoms with Gasteiger partial charge in [-0.15, -0.1) is 0 Å². The second-order valence-electron chi connectivity index (χ2n) is 6.01. The lowest BCUT2D eigenvalue weighted by molar-refractivity contribution is 0.0473. The van der Waals surface area contributed by atoms with Crippen molar-refractivity contribution in [1.82, 2.24) is 0 Å². The Balaban J connectivity index is 1.78. The van der Waals surface area contributed by atoms with Gasteiger partial charge in [-0.2, -0.15) is 0 Å². The lowest BCUT2D eigenvalue weighted by Gasteiger charge is -2.10. The molecule has 7 heteroatoms. The van der Waals surface area contributed by atoms with Gasteiger partial charge in [0.05, 0.1) is 10.6 Å². The van der Waals surface area contributed by atoms with E-state index in [2.05, 4.69) is 0 Å². The third-order valence-electron chi connectivity index (χ3n) is 4.06. The molecule has 0 N–H and O–H groups in total. The monoisotopic (exact) mass is 446 g/mol. The summed E-state index contributed by atoms with van der Waals surface area (Å²) in [6.45, 7) is -0.539. The molecule has 0 heterocycles. The lowest BCUT2D eigenvalue weighted by Crippen LogP contribution is -2.17. The predicted molar refractivity (Wildman–Crippen MR) is 112 cm³/mol. The van der Waals surface area contributed by atoms with Crippen molar-refractivity contribution in [2.75, 3.05) is 6.61 Å². The molecule has 0 saturated heterocycles. The zero-order chi connectivity index (χ0) is 21.0. The molecule has 0 saturated carbocycles. The van der Waals surface area contributed by atoms with E-state index in [0.717, 1.165) is 0 Å². The van der Waals surface area contributed by atoms with Crippen LogP contribution in [0, 0.1) is 0 Å². The number of halogens is 3. The maximum absolute atomic E-state index is 12.8. The highest BCUT2D eigenvalue weighted by Gasteiger charge is 2.21. The Hall–Kier alpha value is -2.66. The summed E-state index contributed by atoms with van der Waals surface area (Å²) in [6.07, 6.45) is 0. The highest BCUT2D eigenvalue weighted by Crippen LogP contribution is 2.22. The zero-order valence-corrected chi connectivity index (χ0v) is 17.1. The number of ether oxygens (including phenoxy) is 1. The van der Waals surface area contributed by atoms with E-state index in [1.807, 2.05) is 0 Å². The smallest absolute Gasteiger partial charge is 0.339 e. The molecule has 146 valence electrons. The van der Waals surface area contributed by atoms with Crippen LogP contribution < -0.4 is 0 Å². The highest BCUT2D eigenvalue weighted by atomic mass is 35.5. The summed E-state index contributed by atoms with van der Waals surface area (Å²) in [5.41, 5.74) is 0.736. The first kappa shape index (κ1) is 21.1. The van der Waals surface area contributed by atoms with Crippen LogP contribution in [-0.4, -0.2) is 24.1 Å². The van der Waals surface area contributed by atoms with Crippen molar-refractivity contribution in [3.8, 4) is 0 Å². The predicted octanol–water partition coefficient (Wildman–Crippen LogP) is 5.92. The molecule has 0 bridgehead atoms. The molecule has 0 amide bonds. The molecular weight excluding hydrogens is 435 g/mol. The lowest BCUT2D eigenvalue weighted by atomic mass is 9.98. The van der Waals surface area contributed by atoms with E-state index in [1.165, 1.54) is 24.3 Å². The molecule has 0 unspecified atom stereocenters. The van der Waals surface area contributed by atoms with Crippen LogP contribution in [0.1, 0.15) is 36.6 Å². The number of esters is 1. The van der Waals surface area contributed by atoms with Crippen molar-refractivity contribution in [3.05, 3.63) is 104 Å². The molecule has 0 aliphatic heterocycles. The molecule has 0 aliphatic carbocycles. The van der Waals surface area contributed by atoms with Gasteiger partial charge in [0.25, 0.3) is 0 Å². The van der Waals surface area contributed by atoms with E-state index in [0.29, 0.717) is 15.6 Å². The maximum Gasteiger partial charge on any atom is 0.339 e. The summed E-state index contributed by atoms with van der Waals surface area (Å²) in [6, 6.07) is 17.0. The van der Waals surface area contributed by atoms with E-state index in [4.69, 9.17) is 39.5 Å². The van der Waals surface area contributed by atoms with Gasteiger partial charge in [0.1, 0.15) is 0 Å². The van der Waals surface area contributed by atoms with Crippen LogP contribution in [0.3, 0.4) is 0 Å². The second kappa shape index (κ2) is 9.23. The Morgan fingerprint density at radius 2 is 1.34 bits per heavy atom. The SMILES string of the molecule is O=C(COC(=O)c1ccccc1C(=O)c1ccc(Cl)cc1)c1cc(Cl)ccc1Cl. The average molecular weight is 448 g/mol. The number of carbonyl (C=O) groups is 3. The van der Waals surface area contributed by atoms with Gasteiger partial charge in [0.15, 0.2) is 12.4 Å². The summed E-state index contributed by atoms with van der Waals surface area (Å²) in [5.74, 6) is -1.67. The van der Waals surface area contributed by atoms with Crippen molar-refractivity contribution in [3.63, 3.8) is 0 Å². The Labute approximate surface area is 182 Å². The van der Waals surface area contributed by atoms with Crippen LogP contribution in [-0.2, 0) is 4.74 Å². The summed E-state index contributed by atoms with van der Waals surface area (Å²) in [5, 5.41) is 1.03. The van der Waals surface area contributed by atoms with Gasteiger partial charge in [0.2, 0.25) is 5.78 Å². The van der Waals surface area contributed by atoms with Crippen molar-refractivity contribution >= 4 is 52.3 Å². The van der Waals surface area contributed by atoms with Crippen LogP contribution in [0.4, 0.5) is 0 Å². The molecule has 3 aromatic carbocycles. The number of carbonyl (C=O) groups excluding carboxylic acids is 3. The van der Waals surface area contributed by atoms with E-state index in [1.54, 1.807) is 42.5 Å². The number of hydrogen-bond acceptors (Lipinski definition) is 4. The van der Waals surface area contributed by atoms with Gasteiger partial charge < -0.3 is 4.74 Å².